The van der Waals surface area contributed by atoms with Crippen molar-refractivity contribution in [3.8, 4) is 0 Å². The van der Waals surface area contributed by atoms with Crippen molar-refractivity contribution >= 4 is 5.91 Å². The molecule has 3 atom stereocenters. The molecule has 17 heavy (non-hydrogen) atoms. The predicted octanol–water partition coefficient (Wildman–Crippen LogP) is 2.20. The molecule has 1 aliphatic rings. The normalized spacial score (nSPS) is 27.0. The van der Waals surface area contributed by atoms with Crippen molar-refractivity contribution in [1.82, 2.24) is 4.90 Å². The van der Waals surface area contributed by atoms with Crippen LogP contribution in [0.5, 0.6) is 0 Å². The average Bonchev–Trinajstić information content (AvgIpc) is 2.14. The molecule has 0 aromatic carbocycles. The average molecular weight is 239 g/mol. The Kier molecular flexibility index (Phi) is 4.03. The zero-order chi connectivity index (χ0) is 13.4. The Balaban J connectivity index is 2.88. The molecule has 3 heteroatoms. The summed E-state index contributed by atoms with van der Waals surface area (Å²) in [5.41, 5.74) is -0.946. The SMILES string of the molecule is C=CC[C@@H]1[C@@H](C(C)(C)O)C(=O)N1C(C)C(C)C. The fourth-order valence-electron chi connectivity index (χ4n) is 2.58. The first-order chi connectivity index (χ1) is 7.71. The van der Waals surface area contributed by atoms with Gasteiger partial charge < -0.3 is 10.0 Å². The second kappa shape index (κ2) is 4.81. The van der Waals surface area contributed by atoms with Crippen LogP contribution in [0.25, 0.3) is 0 Å². The maximum atomic E-state index is 12.2. The Hall–Kier alpha value is -0.830. The van der Waals surface area contributed by atoms with Gasteiger partial charge in [0.05, 0.1) is 11.5 Å². The van der Waals surface area contributed by atoms with Crippen molar-refractivity contribution in [1.29, 1.82) is 0 Å². The number of nitrogens with zero attached hydrogens (tertiary/aromatic N) is 1. The standard InChI is InChI=1S/C14H25NO2/c1-7-8-11-12(14(5,6)17)13(16)15(11)10(4)9(2)3/h7,9-12,17H,1,8H2,2-6H3/t10?,11-,12-/m1/s1. The number of hydrogen-bond donors (Lipinski definition) is 1. The third kappa shape index (κ3) is 2.54. The number of hydrogen-bond acceptors (Lipinski definition) is 2. The summed E-state index contributed by atoms with van der Waals surface area (Å²) in [6.07, 6.45) is 2.58. The van der Waals surface area contributed by atoms with E-state index in [1.54, 1.807) is 13.8 Å². The minimum atomic E-state index is -0.946. The van der Waals surface area contributed by atoms with E-state index < -0.39 is 5.60 Å². The Morgan fingerprint density at radius 2 is 2.00 bits per heavy atom. The van der Waals surface area contributed by atoms with Crippen LogP contribution in [0.1, 0.15) is 41.0 Å². The molecule has 98 valence electrons. The van der Waals surface area contributed by atoms with Gasteiger partial charge in [0.2, 0.25) is 5.91 Å². The van der Waals surface area contributed by atoms with E-state index in [9.17, 15) is 9.90 Å². The molecule has 0 aliphatic carbocycles. The highest BCUT2D eigenvalue weighted by Gasteiger charge is 2.54. The van der Waals surface area contributed by atoms with E-state index in [2.05, 4.69) is 27.4 Å². The molecule has 0 aromatic rings. The van der Waals surface area contributed by atoms with Crippen LogP contribution in [0.2, 0.25) is 0 Å². The molecule has 1 amide bonds. The van der Waals surface area contributed by atoms with Crippen molar-refractivity contribution in [3.05, 3.63) is 12.7 Å². The molecular weight excluding hydrogens is 214 g/mol. The first kappa shape index (κ1) is 14.2. The van der Waals surface area contributed by atoms with Crippen LogP contribution in [0.3, 0.4) is 0 Å². The minimum absolute atomic E-state index is 0.0746. The van der Waals surface area contributed by atoms with Crippen molar-refractivity contribution in [2.75, 3.05) is 0 Å². The Labute approximate surface area is 105 Å². The molecule has 1 rings (SSSR count). The van der Waals surface area contributed by atoms with Gasteiger partial charge in [0.25, 0.3) is 0 Å². The Morgan fingerprint density at radius 3 is 2.35 bits per heavy atom. The van der Waals surface area contributed by atoms with Crippen LogP contribution < -0.4 is 0 Å². The molecular formula is C14H25NO2. The van der Waals surface area contributed by atoms with Crippen LogP contribution in [-0.4, -0.2) is 33.6 Å². The van der Waals surface area contributed by atoms with Gasteiger partial charge in [-0.1, -0.05) is 19.9 Å². The van der Waals surface area contributed by atoms with E-state index in [0.29, 0.717) is 5.92 Å². The van der Waals surface area contributed by atoms with E-state index in [0.717, 1.165) is 6.42 Å². The van der Waals surface area contributed by atoms with E-state index in [1.807, 2.05) is 11.0 Å². The third-order valence-electron chi connectivity index (χ3n) is 3.84. The van der Waals surface area contributed by atoms with E-state index >= 15 is 0 Å². The number of likely N-dealkylation sites (tertiary alicyclic amines) is 1. The van der Waals surface area contributed by atoms with Crippen LogP contribution in [0, 0.1) is 11.8 Å². The van der Waals surface area contributed by atoms with E-state index in [1.165, 1.54) is 0 Å². The van der Waals surface area contributed by atoms with Crippen LogP contribution in [0.4, 0.5) is 0 Å². The molecule has 0 aromatic heterocycles. The number of β-lactam (4-membered cyclic amide) rings is 1. The second-order valence-corrected chi connectivity index (χ2v) is 5.95. The zero-order valence-electron chi connectivity index (χ0n) is 11.6. The van der Waals surface area contributed by atoms with E-state index in [-0.39, 0.29) is 23.9 Å². The van der Waals surface area contributed by atoms with E-state index in [4.69, 9.17) is 0 Å². The van der Waals surface area contributed by atoms with Crippen LogP contribution in [0.15, 0.2) is 12.7 Å². The van der Waals surface area contributed by atoms with Crippen LogP contribution >= 0.6 is 0 Å². The lowest BCUT2D eigenvalue weighted by Crippen LogP contribution is -2.69. The van der Waals surface area contributed by atoms with Gasteiger partial charge in [0.15, 0.2) is 0 Å². The quantitative estimate of drug-likeness (QED) is 0.590. The molecule has 0 radical (unpaired) electrons. The molecule has 0 bridgehead atoms. The van der Waals surface area contributed by atoms with Crippen molar-refractivity contribution in [2.45, 2.75) is 58.7 Å². The highest BCUT2D eigenvalue weighted by molar-refractivity contribution is 5.87. The predicted molar refractivity (Wildman–Crippen MR) is 69.5 cm³/mol. The van der Waals surface area contributed by atoms with Gasteiger partial charge >= 0.3 is 0 Å². The summed E-state index contributed by atoms with van der Waals surface area (Å²) in [5, 5.41) is 10.1. The third-order valence-corrected chi connectivity index (χ3v) is 3.84. The zero-order valence-corrected chi connectivity index (χ0v) is 11.6. The van der Waals surface area contributed by atoms with Gasteiger partial charge in [0, 0.05) is 12.1 Å². The monoisotopic (exact) mass is 239 g/mol. The van der Waals surface area contributed by atoms with Gasteiger partial charge in [-0.3, -0.25) is 4.79 Å². The topological polar surface area (TPSA) is 40.5 Å². The largest absolute Gasteiger partial charge is 0.390 e. The number of carbonyl (C=O) groups excluding carboxylic acids is 1. The lowest BCUT2D eigenvalue weighted by molar-refractivity contribution is -0.179. The maximum absolute atomic E-state index is 12.2. The summed E-state index contributed by atoms with van der Waals surface area (Å²) >= 11 is 0. The fourth-order valence-corrected chi connectivity index (χ4v) is 2.58. The smallest absolute Gasteiger partial charge is 0.231 e. The molecule has 1 N–H and O–H groups in total. The molecule has 1 fully saturated rings. The summed E-state index contributed by atoms with van der Waals surface area (Å²) in [4.78, 5) is 14.1. The number of aliphatic hydroxyl groups is 1. The first-order valence-corrected chi connectivity index (χ1v) is 6.37. The number of amides is 1. The summed E-state index contributed by atoms with van der Waals surface area (Å²) < 4.78 is 0. The summed E-state index contributed by atoms with van der Waals surface area (Å²) in [7, 11) is 0. The van der Waals surface area contributed by atoms with Gasteiger partial charge in [0.1, 0.15) is 0 Å². The molecule has 1 saturated heterocycles. The first-order valence-electron chi connectivity index (χ1n) is 6.37. The fraction of sp³-hybridized carbons (Fsp3) is 0.786. The Morgan fingerprint density at radius 1 is 1.47 bits per heavy atom. The molecule has 1 unspecified atom stereocenters. The van der Waals surface area contributed by atoms with Crippen molar-refractivity contribution in [2.24, 2.45) is 11.8 Å². The molecule has 0 spiro atoms. The van der Waals surface area contributed by atoms with Crippen LogP contribution in [-0.2, 0) is 4.79 Å². The lowest BCUT2D eigenvalue weighted by Gasteiger charge is -2.54. The molecule has 1 heterocycles. The van der Waals surface area contributed by atoms with Gasteiger partial charge in [-0.25, -0.2) is 0 Å². The molecule has 1 aliphatic heterocycles. The minimum Gasteiger partial charge on any atom is -0.390 e. The van der Waals surface area contributed by atoms with Gasteiger partial charge in [-0.05, 0) is 33.1 Å². The second-order valence-electron chi connectivity index (χ2n) is 5.95. The Bertz CT molecular complexity index is 304. The molecule has 0 saturated carbocycles. The number of rotatable bonds is 5. The van der Waals surface area contributed by atoms with Gasteiger partial charge in [-0.15, -0.1) is 6.58 Å². The molecule has 3 nitrogen and oxygen atoms in total. The summed E-state index contributed by atoms with van der Waals surface area (Å²) in [5.74, 6) is 0.210. The highest BCUT2D eigenvalue weighted by atomic mass is 16.3. The maximum Gasteiger partial charge on any atom is 0.231 e. The highest BCUT2D eigenvalue weighted by Crippen LogP contribution is 2.39. The van der Waals surface area contributed by atoms with Crippen molar-refractivity contribution in [3.63, 3.8) is 0 Å². The lowest BCUT2D eigenvalue weighted by atomic mass is 9.73. The number of carbonyl (C=O) groups is 1. The summed E-state index contributed by atoms with van der Waals surface area (Å²) in [6.45, 7) is 13.5. The summed E-state index contributed by atoms with van der Waals surface area (Å²) in [6, 6.07) is 0.309. The van der Waals surface area contributed by atoms with Gasteiger partial charge in [-0.2, -0.15) is 0 Å². The van der Waals surface area contributed by atoms with Crippen molar-refractivity contribution < 1.29 is 9.90 Å².